The van der Waals surface area contributed by atoms with E-state index in [4.69, 9.17) is 18.1 Å². The summed E-state index contributed by atoms with van der Waals surface area (Å²) in [6.45, 7) is 6.73. The molecule has 0 unspecified atom stereocenters. The van der Waals surface area contributed by atoms with E-state index < -0.39 is 62.6 Å². The van der Waals surface area contributed by atoms with E-state index in [-0.39, 0.29) is 49.9 Å². The lowest BCUT2D eigenvalue weighted by Gasteiger charge is -2.17. The maximum atomic E-state index is 13.8. The van der Waals surface area contributed by atoms with Gasteiger partial charge in [0.1, 0.15) is 22.0 Å². The van der Waals surface area contributed by atoms with Crippen molar-refractivity contribution in [3.63, 3.8) is 0 Å². The molecule has 2 aromatic carbocycles. The van der Waals surface area contributed by atoms with E-state index in [1.54, 1.807) is 13.8 Å². The predicted molar refractivity (Wildman–Crippen MR) is 157 cm³/mol. The number of hydrogen-bond acceptors (Lipinski definition) is 13. The number of nitrogens with zero attached hydrogens (tertiary/aromatic N) is 2. The number of benzene rings is 2. The molecule has 0 spiro atoms. The lowest BCUT2D eigenvalue weighted by molar-refractivity contribution is -0.385. The number of nitro groups is 2. The first-order valence-corrected chi connectivity index (χ1v) is 18.2. The quantitative estimate of drug-likeness (QED) is 0.0730. The van der Waals surface area contributed by atoms with Gasteiger partial charge in [-0.25, -0.2) is 17.2 Å². The topological polar surface area (TPSA) is 191 Å². The molecule has 244 valence electrons. The summed E-state index contributed by atoms with van der Waals surface area (Å²) in [5, 5.41) is 21.0. The van der Waals surface area contributed by atoms with E-state index in [0.29, 0.717) is 6.07 Å². The van der Waals surface area contributed by atoms with Crippen LogP contribution in [0.15, 0.2) is 46.2 Å². The molecular weight excluding hydrogens is 660 g/mol. The molecule has 0 fully saturated rings. The monoisotopic (exact) mass is 694 g/mol. The van der Waals surface area contributed by atoms with E-state index >= 15 is 0 Å². The summed E-state index contributed by atoms with van der Waals surface area (Å²) in [7, 11) is -11.6. The van der Waals surface area contributed by atoms with Crippen LogP contribution in [-0.4, -0.2) is 55.7 Å². The second-order valence-corrected chi connectivity index (χ2v) is 15.6. The average molecular weight is 695 g/mol. The maximum absolute atomic E-state index is 13.8. The summed E-state index contributed by atoms with van der Waals surface area (Å²) < 4.78 is 96.0. The van der Waals surface area contributed by atoms with Crippen LogP contribution in [-0.2, 0) is 37.1 Å². The highest BCUT2D eigenvalue weighted by Gasteiger charge is 2.34. The molecule has 14 nitrogen and oxygen atoms in total. The van der Waals surface area contributed by atoms with Crippen LogP contribution in [0.2, 0.25) is 0 Å². The number of sulfone groups is 1. The minimum absolute atomic E-state index is 0. The van der Waals surface area contributed by atoms with Gasteiger partial charge in [-0.3, -0.25) is 29.4 Å². The van der Waals surface area contributed by atoms with E-state index in [1.807, 2.05) is 0 Å². The van der Waals surface area contributed by atoms with Gasteiger partial charge in [0.05, 0.1) is 48.4 Å². The fourth-order valence-corrected chi connectivity index (χ4v) is 10.3. The first kappa shape index (κ1) is 40.7. The maximum Gasteiger partial charge on any atom is 0.346 e. The van der Waals surface area contributed by atoms with Gasteiger partial charge in [-0.2, -0.15) is 0 Å². The van der Waals surface area contributed by atoms with Gasteiger partial charge in [0.15, 0.2) is 15.3 Å². The van der Waals surface area contributed by atoms with Crippen molar-refractivity contribution in [3.8, 4) is 0 Å². The fourth-order valence-electron chi connectivity index (χ4n) is 3.01. The van der Waals surface area contributed by atoms with Gasteiger partial charge < -0.3 is 18.1 Å². The molecular formula is C23H34F2N2O12P2S2. The van der Waals surface area contributed by atoms with Crippen molar-refractivity contribution in [1.82, 2.24) is 0 Å². The van der Waals surface area contributed by atoms with Gasteiger partial charge in [0.25, 0.3) is 11.4 Å². The van der Waals surface area contributed by atoms with Crippen LogP contribution in [0.4, 0.5) is 20.2 Å². The summed E-state index contributed by atoms with van der Waals surface area (Å²) in [6.07, 6.45) is 0. The Morgan fingerprint density at radius 3 is 1.58 bits per heavy atom. The van der Waals surface area contributed by atoms with Gasteiger partial charge in [0, 0.05) is 17.0 Å². The Morgan fingerprint density at radius 1 is 0.767 bits per heavy atom. The third-order valence-corrected chi connectivity index (χ3v) is 13.3. The summed E-state index contributed by atoms with van der Waals surface area (Å²) in [5.41, 5.74) is -2.02. The first-order chi connectivity index (χ1) is 19.6. The van der Waals surface area contributed by atoms with Crippen LogP contribution < -0.4 is 0 Å². The van der Waals surface area contributed by atoms with Gasteiger partial charge >= 0.3 is 15.2 Å². The van der Waals surface area contributed by atoms with Crippen molar-refractivity contribution in [3.05, 3.63) is 68.3 Å². The number of thioether (sulfide) groups is 1. The van der Waals surface area contributed by atoms with Crippen LogP contribution in [0.25, 0.3) is 0 Å². The molecule has 0 amide bonds. The Balaban J connectivity index is 0.000000805. The van der Waals surface area contributed by atoms with E-state index in [9.17, 15) is 46.6 Å². The zero-order valence-corrected chi connectivity index (χ0v) is 26.4. The largest absolute Gasteiger partial charge is 0.346 e. The Labute approximate surface area is 252 Å². The molecule has 0 aliphatic carbocycles. The summed E-state index contributed by atoms with van der Waals surface area (Å²) in [6, 6.07) is 5.39. The smallest absolute Gasteiger partial charge is 0.308 e. The van der Waals surface area contributed by atoms with Crippen LogP contribution in [0, 0.1) is 31.9 Å². The minimum atomic E-state index is -4.35. The molecule has 0 saturated heterocycles. The van der Waals surface area contributed by atoms with Crippen LogP contribution in [0.1, 0.15) is 35.1 Å². The van der Waals surface area contributed by atoms with Crippen molar-refractivity contribution in [1.29, 1.82) is 0 Å². The van der Waals surface area contributed by atoms with Crippen LogP contribution >= 0.6 is 27.0 Å². The van der Waals surface area contributed by atoms with Crippen molar-refractivity contribution in [2.75, 3.05) is 37.4 Å². The second kappa shape index (κ2) is 18.5. The number of hydrogen-bond donors (Lipinski definition) is 0. The zero-order chi connectivity index (χ0) is 32.1. The molecule has 0 N–H and O–H groups in total. The Bertz CT molecular complexity index is 1430. The van der Waals surface area contributed by atoms with Crippen LogP contribution in [0.5, 0.6) is 0 Å². The molecule has 2 rings (SSSR count). The second-order valence-electron chi connectivity index (χ2n) is 7.65. The fraction of sp³-hybridized carbons (Fsp3) is 0.478. The van der Waals surface area contributed by atoms with Gasteiger partial charge in [-0.15, -0.1) is 11.8 Å². The Kier molecular flexibility index (Phi) is 17.5. The molecule has 0 saturated carbocycles. The Hall–Kier alpha value is -2.30. The van der Waals surface area contributed by atoms with Gasteiger partial charge in [0.2, 0.25) is 0 Å². The standard InChI is InChI=1S/C11H15FNO7PS.C11H15FNO5PS.CH4/c1-3-19-21(16,20-4-2)8-22(17,18)11-6-5-9(13(14)15)7-10(11)12;1-3-17-19(16,18-4-2)8-20-11-6-5-9(13(14)15)7-10(11)12;/h5-7H,3-4,8H2,1-2H3;5-7H,3-4,8H2,1-2H3;1H4. The predicted octanol–water partition coefficient (Wildman–Crippen LogP) is 7.42. The highest BCUT2D eigenvalue weighted by Crippen LogP contribution is 2.52. The lowest BCUT2D eigenvalue weighted by atomic mass is 10.3. The molecule has 0 aliphatic rings. The molecule has 0 aromatic heterocycles. The zero-order valence-electron chi connectivity index (χ0n) is 23.0. The molecule has 0 aliphatic heterocycles. The molecule has 0 heterocycles. The highest BCUT2D eigenvalue weighted by atomic mass is 32.2. The average Bonchev–Trinajstić information content (AvgIpc) is 2.88. The van der Waals surface area contributed by atoms with Gasteiger partial charge in [-0.1, -0.05) is 7.43 Å². The highest BCUT2D eigenvalue weighted by molar-refractivity contribution is 8.04. The van der Waals surface area contributed by atoms with Crippen molar-refractivity contribution >= 4 is 48.2 Å². The number of rotatable bonds is 16. The number of halogens is 2. The summed E-state index contributed by atoms with van der Waals surface area (Å²) >= 11 is 0.944. The summed E-state index contributed by atoms with van der Waals surface area (Å²) in [5.74, 6) is -2.03. The molecule has 0 bridgehead atoms. The number of non-ortho nitro benzene ring substituents is 2. The third-order valence-electron chi connectivity index (χ3n) is 4.60. The number of nitro benzene ring substituents is 2. The van der Waals surface area contributed by atoms with E-state index in [1.165, 1.54) is 26.0 Å². The third kappa shape index (κ3) is 13.1. The van der Waals surface area contributed by atoms with E-state index in [0.717, 1.165) is 30.0 Å². The van der Waals surface area contributed by atoms with E-state index in [2.05, 4.69) is 0 Å². The SMILES string of the molecule is C.CCOP(=O)(CS(=O)(=O)c1ccc([N+](=O)[O-])cc1F)OCC.CCOP(=O)(CSc1ccc([N+](=O)[O-])cc1F)OCC. The van der Waals surface area contributed by atoms with Crippen molar-refractivity contribution < 1.29 is 54.3 Å². The van der Waals surface area contributed by atoms with Crippen molar-refractivity contribution in [2.45, 2.75) is 44.9 Å². The molecule has 0 atom stereocenters. The Morgan fingerprint density at radius 2 is 1.19 bits per heavy atom. The molecule has 43 heavy (non-hydrogen) atoms. The molecule has 0 radical (unpaired) electrons. The first-order valence-electron chi connectivity index (χ1n) is 12.1. The molecule has 20 heteroatoms. The van der Waals surface area contributed by atoms with Crippen LogP contribution in [0.3, 0.4) is 0 Å². The minimum Gasteiger partial charge on any atom is -0.308 e. The normalized spacial score (nSPS) is 11.7. The molecule has 2 aromatic rings. The lowest BCUT2D eigenvalue weighted by Crippen LogP contribution is -2.12. The van der Waals surface area contributed by atoms with Crippen molar-refractivity contribution in [2.24, 2.45) is 0 Å². The van der Waals surface area contributed by atoms with Gasteiger partial charge in [-0.05, 0) is 39.8 Å². The summed E-state index contributed by atoms with van der Waals surface area (Å²) in [4.78, 5) is 18.9.